The Balaban J connectivity index is 1.94. The molecule has 1 saturated heterocycles. The molecule has 1 aromatic rings. The van der Waals surface area contributed by atoms with Crippen molar-refractivity contribution >= 4 is 0 Å². The fraction of sp³-hybridized carbons (Fsp3) is 0.600. The van der Waals surface area contributed by atoms with Crippen LogP contribution in [0.3, 0.4) is 0 Å². The van der Waals surface area contributed by atoms with E-state index in [-0.39, 0.29) is 6.10 Å². The Bertz CT molecular complexity index is 350. The molecule has 18 heavy (non-hydrogen) atoms. The molecule has 0 bridgehead atoms. The second-order valence-corrected chi connectivity index (χ2v) is 4.78. The highest BCUT2D eigenvalue weighted by atomic mass is 16.5. The first-order valence-corrected chi connectivity index (χ1v) is 6.89. The normalized spacial score (nSPS) is 23.9. The Hall–Kier alpha value is -1.06. The van der Waals surface area contributed by atoms with Crippen LogP contribution in [0.1, 0.15) is 38.3 Å². The van der Waals surface area contributed by atoms with Gasteiger partial charge in [-0.1, -0.05) is 25.5 Å². The largest absolute Gasteiger partial charge is 0.494 e. The van der Waals surface area contributed by atoms with Crippen LogP contribution < -0.4 is 10.1 Å². The van der Waals surface area contributed by atoms with E-state index in [0.717, 1.165) is 31.9 Å². The summed E-state index contributed by atoms with van der Waals surface area (Å²) in [6.45, 7) is 6.81. The van der Waals surface area contributed by atoms with Gasteiger partial charge >= 0.3 is 0 Å². The van der Waals surface area contributed by atoms with E-state index in [1.54, 1.807) is 0 Å². The van der Waals surface area contributed by atoms with Gasteiger partial charge in [0.05, 0.1) is 25.4 Å². The van der Waals surface area contributed by atoms with Crippen LogP contribution in [0.15, 0.2) is 24.3 Å². The molecule has 0 spiro atoms. The third-order valence-corrected chi connectivity index (χ3v) is 3.32. The van der Waals surface area contributed by atoms with E-state index in [9.17, 15) is 0 Å². The molecule has 100 valence electrons. The first-order chi connectivity index (χ1) is 8.81. The molecule has 0 saturated carbocycles. The summed E-state index contributed by atoms with van der Waals surface area (Å²) in [5, 5.41) is 3.49. The van der Waals surface area contributed by atoms with E-state index < -0.39 is 0 Å². The van der Waals surface area contributed by atoms with Gasteiger partial charge in [-0.3, -0.25) is 0 Å². The van der Waals surface area contributed by atoms with Gasteiger partial charge in [-0.25, -0.2) is 0 Å². The SMILES string of the molecule is CCCCOc1ccc(C2NCCOC2C)cc1. The highest BCUT2D eigenvalue weighted by molar-refractivity contribution is 5.29. The highest BCUT2D eigenvalue weighted by Crippen LogP contribution is 2.23. The van der Waals surface area contributed by atoms with Crippen molar-refractivity contribution in [1.29, 1.82) is 0 Å². The van der Waals surface area contributed by atoms with Crippen molar-refractivity contribution in [2.75, 3.05) is 19.8 Å². The van der Waals surface area contributed by atoms with Crippen LogP contribution in [0.5, 0.6) is 5.75 Å². The smallest absolute Gasteiger partial charge is 0.119 e. The van der Waals surface area contributed by atoms with Gasteiger partial charge in [-0.2, -0.15) is 0 Å². The second kappa shape index (κ2) is 6.76. The summed E-state index contributed by atoms with van der Waals surface area (Å²) < 4.78 is 11.3. The molecule has 0 aliphatic carbocycles. The molecule has 3 heteroatoms. The molecule has 0 aromatic heterocycles. The van der Waals surface area contributed by atoms with Crippen LogP contribution in [0.2, 0.25) is 0 Å². The molecule has 2 rings (SSSR count). The van der Waals surface area contributed by atoms with Crippen LogP contribution in [0, 0.1) is 0 Å². The minimum atomic E-state index is 0.227. The summed E-state index contributed by atoms with van der Waals surface area (Å²) in [6, 6.07) is 8.65. The standard InChI is InChI=1S/C15H23NO2/c1-3-4-10-18-14-7-5-13(6-8-14)15-12(2)17-11-9-16-15/h5-8,12,15-16H,3-4,9-11H2,1-2H3. The summed E-state index contributed by atoms with van der Waals surface area (Å²) in [5.41, 5.74) is 1.27. The number of morpholine rings is 1. The number of hydrogen-bond acceptors (Lipinski definition) is 3. The lowest BCUT2D eigenvalue weighted by atomic mass is 10.0. The molecule has 2 atom stereocenters. The van der Waals surface area contributed by atoms with Gasteiger partial charge in [0, 0.05) is 6.54 Å². The van der Waals surface area contributed by atoms with Gasteiger partial charge in [0.1, 0.15) is 5.75 Å². The third-order valence-electron chi connectivity index (χ3n) is 3.32. The van der Waals surface area contributed by atoms with Gasteiger partial charge in [0.15, 0.2) is 0 Å². The molecule has 1 N–H and O–H groups in total. The number of ether oxygens (including phenoxy) is 2. The summed E-state index contributed by atoms with van der Waals surface area (Å²) in [5.74, 6) is 0.955. The second-order valence-electron chi connectivity index (χ2n) is 4.78. The van der Waals surface area contributed by atoms with E-state index >= 15 is 0 Å². The van der Waals surface area contributed by atoms with Crippen LogP contribution in [-0.4, -0.2) is 25.9 Å². The number of nitrogens with one attached hydrogen (secondary N) is 1. The maximum Gasteiger partial charge on any atom is 0.119 e. The lowest BCUT2D eigenvalue weighted by Gasteiger charge is -2.30. The fourth-order valence-corrected chi connectivity index (χ4v) is 2.22. The first kappa shape index (κ1) is 13.4. The lowest BCUT2D eigenvalue weighted by Crippen LogP contribution is -2.40. The monoisotopic (exact) mass is 249 g/mol. The van der Waals surface area contributed by atoms with Crippen molar-refractivity contribution in [3.8, 4) is 5.75 Å². The van der Waals surface area contributed by atoms with Gasteiger partial charge in [0.2, 0.25) is 0 Å². The van der Waals surface area contributed by atoms with Crippen molar-refractivity contribution in [2.45, 2.75) is 38.8 Å². The number of hydrogen-bond donors (Lipinski definition) is 1. The zero-order valence-corrected chi connectivity index (χ0v) is 11.3. The van der Waals surface area contributed by atoms with E-state index in [2.05, 4.69) is 31.3 Å². The topological polar surface area (TPSA) is 30.5 Å². The van der Waals surface area contributed by atoms with Crippen molar-refractivity contribution < 1.29 is 9.47 Å². The Morgan fingerprint density at radius 2 is 2.11 bits per heavy atom. The van der Waals surface area contributed by atoms with Crippen LogP contribution in [-0.2, 0) is 4.74 Å². The Labute approximate surface area is 109 Å². The minimum absolute atomic E-state index is 0.227. The predicted octanol–water partition coefficient (Wildman–Crippen LogP) is 2.91. The molecular weight excluding hydrogens is 226 g/mol. The Kier molecular flexibility index (Phi) is 5.02. The zero-order chi connectivity index (χ0) is 12.8. The molecule has 1 aromatic carbocycles. The molecule has 2 unspecified atom stereocenters. The number of benzene rings is 1. The quantitative estimate of drug-likeness (QED) is 0.814. The fourth-order valence-electron chi connectivity index (χ4n) is 2.22. The molecule has 1 aliphatic rings. The number of rotatable bonds is 5. The van der Waals surface area contributed by atoms with Crippen LogP contribution in [0.4, 0.5) is 0 Å². The van der Waals surface area contributed by atoms with Crippen molar-refractivity contribution in [3.63, 3.8) is 0 Å². The maximum absolute atomic E-state index is 5.66. The molecule has 1 fully saturated rings. The number of unbranched alkanes of at least 4 members (excludes halogenated alkanes) is 1. The maximum atomic E-state index is 5.66. The minimum Gasteiger partial charge on any atom is -0.494 e. The van der Waals surface area contributed by atoms with Crippen LogP contribution >= 0.6 is 0 Å². The molecule has 1 aliphatic heterocycles. The van der Waals surface area contributed by atoms with Gasteiger partial charge < -0.3 is 14.8 Å². The predicted molar refractivity (Wildman–Crippen MR) is 73.0 cm³/mol. The summed E-state index contributed by atoms with van der Waals surface area (Å²) in [7, 11) is 0. The average Bonchev–Trinajstić information content (AvgIpc) is 2.41. The van der Waals surface area contributed by atoms with E-state index in [4.69, 9.17) is 9.47 Å². The highest BCUT2D eigenvalue weighted by Gasteiger charge is 2.22. The van der Waals surface area contributed by atoms with Gasteiger partial charge in [-0.05, 0) is 31.0 Å². The first-order valence-electron chi connectivity index (χ1n) is 6.89. The molecular formula is C15H23NO2. The molecule has 1 heterocycles. The van der Waals surface area contributed by atoms with Crippen molar-refractivity contribution in [1.82, 2.24) is 5.32 Å². The lowest BCUT2D eigenvalue weighted by molar-refractivity contribution is 0.00755. The van der Waals surface area contributed by atoms with Crippen LogP contribution in [0.25, 0.3) is 0 Å². The summed E-state index contributed by atoms with van der Waals surface area (Å²) in [4.78, 5) is 0. The third kappa shape index (κ3) is 3.47. The molecule has 0 radical (unpaired) electrons. The van der Waals surface area contributed by atoms with Gasteiger partial charge in [-0.15, -0.1) is 0 Å². The Morgan fingerprint density at radius 1 is 1.33 bits per heavy atom. The molecule has 0 amide bonds. The zero-order valence-electron chi connectivity index (χ0n) is 11.3. The van der Waals surface area contributed by atoms with Crippen molar-refractivity contribution in [3.05, 3.63) is 29.8 Å². The average molecular weight is 249 g/mol. The summed E-state index contributed by atoms with van der Waals surface area (Å²) in [6.07, 6.45) is 2.50. The van der Waals surface area contributed by atoms with E-state index in [0.29, 0.717) is 6.04 Å². The van der Waals surface area contributed by atoms with E-state index in [1.807, 2.05) is 12.1 Å². The Morgan fingerprint density at radius 3 is 2.78 bits per heavy atom. The van der Waals surface area contributed by atoms with E-state index in [1.165, 1.54) is 12.0 Å². The summed E-state index contributed by atoms with van der Waals surface area (Å²) >= 11 is 0. The molecule has 3 nitrogen and oxygen atoms in total. The van der Waals surface area contributed by atoms with Gasteiger partial charge in [0.25, 0.3) is 0 Å². The van der Waals surface area contributed by atoms with Crippen molar-refractivity contribution in [2.24, 2.45) is 0 Å².